The van der Waals surface area contributed by atoms with Crippen molar-refractivity contribution in [3.05, 3.63) is 47.5 Å². The number of carbonyl (C=O) groups excluding carboxylic acids is 2. The van der Waals surface area contributed by atoms with E-state index in [1.54, 1.807) is 41.6 Å². The quantitative estimate of drug-likeness (QED) is 0.499. The number of ether oxygens (including phenoxy) is 4. The number of carbonyl (C=O) groups is 2. The van der Waals surface area contributed by atoms with Crippen LogP contribution in [0.5, 0.6) is 23.0 Å². The van der Waals surface area contributed by atoms with Gasteiger partial charge in [-0.25, -0.2) is 5.01 Å². The lowest BCUT2D eigenvalue weighted by molar-refractivity contribution is -0.141. The smallest absolute Gasteiger partial charge is 0.262 e. The summed E-state index contributed by atoms with van der Waals surface area (Å²) in [4.78, 5) is 27.7. The molecule has 0 aliphatic carbocycles. The molecule has 0 bridgehead atoms. The summed E-state index contributed by atoms with van der Waals surface area (Å²) in [6, 6.07) is 10.6. The minimum atomic E-state index is -0.403. The molecule has 9 heteroatoms. The summed E-state index contributed by atoms with van der Waals surface area (Å²) in [5.41, 5.74) is 2.11. The number of hydrogen-bond acceptors (Lipinski definition) is 7. The first kappa shape index (κ1) is 27.8. The Hall–Kier alpha value is -3.75. The second-order valence-electron chi connectivity index (χ2n) is 10.2. The molecule has 2 aromatic carbocycles. The third kappa shape index (κ3) is 6.53. The maximum atomic E-state index is 13.5. The largest absolute Gasteiger partial charge is 0.497 e. The fraction of sp³-hybridized carbons (Fsp3) is 0.464. The van der Waals surface area contributed by atoms with Gasteiger partial charge in [-0.2, -0.15) is 5.10 Å². The van der Waals surface area contributed by atoms with Crippen molar-refractivity contribution in [3.8, 4) is 23.0 Å². The molecule has 0 radical (unpaired) electrons. The highest BCUT2D eigenvalue weighted by Crippen LogP contribution is 2.39. The molecule has 0 N–H and O–H groups in total. The van der Waals surface area contributed by atoms with E-state index in [1.807, 2.05) is 51.1 Å². The molecule has 2 aromatic rings. The molecule has 0 aromatic heterocycles. The Morgan fingerprint density at radius 1 is 0.946 bits per heavy atom. The molecule has 0 spiro atoms. The zero-order valence-corrected chi connectivity index (χ0v) is 23.0. The van der Waals surface area contributed by atoms with Gasteiger partial charge in [-0.3, -0.25) is 9.59 Å². The van der Waals surface area contributed by atoms with Crippen LogP contribution in [0.2, 0.25) is 0 Å². The average molecular weight is 512 g/mol. The van der Waals surface area contributed by atoms with Crippen molar-refractivity contribution in [1.29, 1.82) is 0 Å². The van der Waals surface area contributed by atoms with Crippen molar-refractivity contribution in [2.75, 3.05) is 42.0 Å². The summed E-state index contributed by atoms with van der Waals surface area (Å²) in [5.74, 6) is 2.02. The topological polar surface area (TPSA) is 89.9 Å². The van der Waals surface area contributed by atoms with Crippen LogP contribution in [-0.2, 0) is 9.59 Å². The fourth-order valence-corrected chi connectivity index (χ4v) is 4.21. The molecular formula is C28H37N3O6. The standard InChI is InChI=1S/C28H37N3O6/c1-28(2,3)16-26(32)30(4)17-27(33)31-22(18-9-12-23(35-6)25(13-18)37-8)15-21(29-31)20-11-10-19(34-5)14-24(20)36-7/h9-14,22H,15-17H2,1-8H3/t22-/m0/s1. The van der Waals surface area contributed by atoms with Crippen molar-refractivity contribution in [2.45, 2.75) is 39.7 Å². The first-order valence-corrected chi connectivity index (χ1v) is 12.1. The van der Waals surface area contributed by atoms with E-state index in [1.165, 1.54) is 9.91 Å². The molecule has 0 fully saturated rings. The SMILES string of the molecule is COc1ccc(C2=NN(C(=O)CN(C)C(=O)CC(C)(C)C)[C@H](c3ccc(OC)c(OC)c3)C2)c(OC)c1. The lowest BCUT2D eigenvalue weighted by atomic mass is 9.92. The van der Waals surface area contributed by atoms with Gasteiger partial charge in [0.15, 0.2) is 11.5 Å². The van der Waals surface area contributed by atoms with Gasteiger partial charge in [0, 0.05) is 31.5 Å². The van der Waals surface area contributed by atoms with Gasteiger partial charge in [0.1, 0.15) is 18.0 Å². The van der Waals surface area contributed by atoms with Crippen molar-refractivity contribution in [2.24, 2.45) is 10.5 Å². The predicted octanol–water partition coefficient (Wildman–Crippen LogP) is 4.29. The van der Waals surface area contributed by atoms with Gasteiger partial charge in [0.05, 0.1) is 40.2 Å². The first-order chi connectivity index (χ1) is 17.5. The summed E-state index contributed by atoms with van der Waals surface area (Å²) >= 11 is 0. The monoisotopic (exact) mass is 511 g/mol. The van der Waals surface area contributed by atoms with E-state index in [0.717, 1.165) is 11.1 Å². The summed E-state index contributed by atoms with van der Waals surface area (Å²) in [6.45, 7) is 5.89. The minimum Gasteiger partial charge on any atom is -0.497 e. The number of nitrogens with zero attached hydrogens (tertiary/aromatic N) is 3. The minimum absolute atomic E-state index is 0.0881. The first-order valence-electron chi connectivity index (χ1n) is 12.1. The van der Waals surface area contributed by atoms with Crippen LogP contribution in [0.4, 0.5) is 0 Å². The van der Waals surface area contributed by atoms with Crippen LogP contribution in [0.15, 0.2) is 41.5 Å². The highest BCUT2D eigenvalue weighted by molar-refractivity contribution is 6.05. The highest BCUT2D eigenvalue weighted by Gasteiger charge is 2.35. The molecule has 1 heterocycles. The van der Waals surface area contributed by atoms with E-state index in [-0.39, 0.29) is 23.8 Å². The van der Waals surface area contributed by atoms with Gasteiger partial charge >= 0.3 is 0 Å². The zero-order valence-electron chi connectivity index (χ0n) is 23.0. The predicted molar refractivity (Wildman–Crippen MR) is 142 cm³/mol. The summed E-state index contributed by atoms with van der Waals surface area (Å²) in [6.07, 6.45) is 0.789. The van der Waals surface area contributed by atoms with Gasteiger partial charge in [0.25, 0.3) is 5.91 Å². The van der Waals surface area contributed by atoms with E-state index >= 15 is 0 Å². The number of hydrazone groups is 1. The Morgan fingerprint density at radius 2 is 1.62 bits per heavy atom. The van der Waals surface area contributed by atoms with Gasteiger partial charge < -0.3 is 23.8 Å². The van der Waals surface area contributed by atoms with Crippen molar-refractivity contribution >= 4 is 17.5 Å². The molecule has 200 valence electrons. The third-order valence-electron chi connectivity index (χ3n) is 6.16. The molecule has 37 heavy (non-hydrogen) atoms. The average Bonchev–Trinajstić information content (AvgIpc) is 3.32. The molecule has 9 nitrogen and oxygen atoms in total. The number of methoxy groups -OCH3 is 4. The summed E-state index contributed by atoms with van der Waals surface area (Å²) in [7, 11) is 7.96. The number of rotatable bonds is 9. The lowest BCUT2D eigenvalue weighted by Crippen LogP contribution is -2.40. The maximum Gasteiger partial charge on any atom is 0.262 e. The van der Waals surface area contributed by atoms with Gasteiger partial charge in [-0.05, 0) is 35.2 Å². The molecule has 1 atom stereocenters. The van der Waals surface area contributed by atoms with E-state index in [0.29, 0.717) is 41.6 Å². The normalized spacial score (nSPS) is 15.2. The fourth-order valence-electron chi connectivity index (χ4n) is 4.21. The molecule has 1 aliphatic rings. The van der Waals surface area contributed by atoms with E-state index in [9.17, 15) is 9.59 Å². The van der Waals surface area contributed by atoms with Crippen LogP contribution < -0.4 is 18.9 Å². The molecule has 1 aliphatic heterocycles. The molecule has 0 saturated carbocycles. The zero-order chi connectivity index (χ0) is 27.3. The lowest BCUT2D eigenvalue weighted by Gasteiger charge is -2.27. The maximum absolute atomic E-state index is 13.5. The summed E-state index contributed by atoms with van der Waals surface area (Å²) in [5, 5.41) is 6.19. The Labute approximate surface area is 218 Å². The van der Waals surface area contributed by atoms with Crippen molar-refractivity contribution in [1.82, 2.24) is 9.91 Å². The third-order valence-corrected chi connectivity index (χ3v) is 6.16. The molecule has 0 saturated heterocycles. The second kappa shape index (κ2) is 11.5. The van der Waals surface area contributed by atoms with Gasteiger partial charge in [-0.15, -0.1) is 0 Å². The second-order valence-corrected chi connectivity index (χ2v) is 10.2. The Bertz CT molecular complexity index is 1170. The van der Waals surface area contributed by atoms with Crippen LogP contribution in [0.1, 0.15) is 50.8 Å². The van der Waals surface area contributed by atoms with E-state index in [2.05, 4.69) is 0 Å². The van der Waals surface area contributed by atoms with Crippen LogP contribution >= 0.6 is 0 Å². The number of amides is 2. The van der Waals surface area contributed by atoms with E-state index in [4.69, 9.17) is 24.0 Å². The molecule has 3 rings (SSSR count). The van der Waals surface area contributed by atoms with Crippen molar-refractivity contribution in [3.63, 3.8) is 0 Å². The molecular weight excluding hydrogens is 474 g/mol. The Morgan fingerprint density at radius 3 is 2.22 bits per heavy atom. The van der Waals surface area contributed by atoms with E-state index < -0.39 is 6.04 Å². The Kier molecular flexibility index (Phi) is 8.68. The van der Waals surface area contributed by atoms with Crippen LogP contribution in [0.25, 0.3) is 0 Å². The number of benzene rings is 2. The molecule has 2 amide bonds. The highest BCUT2D eigenvalue weighted by atomic mass is 16.5. The molecule has 0 unspecified atom stereocenters. The van der Waals surface area contributed by atoms with Crippen molar-refractivity contribution < 1.29 is 28.5 Å². The van der Waals surface area contributed by atoms with Crippen LogP contribution in [0, 0.1) is 5.41 Å². The Balaban J connectivity index is 1.98. The number of likely N-dealkylation sites (N-methyl/N-ethyl adjacent to an activating group) is 1. The van der Waals surface area contributed by atoms with Gasteiger partial charge in [0.2, 0.25) is 5.91 Å². The number of hydrogen-bond donors (Lipinski definition) is 0. The van der Waals surface area contributed by atoms with Crippen LogP contribution in [-0.4, -0.2) is 69.5 Å². The van der Waals surface area contributed by atoms with Crippen LogP contribution in [0.3, 0.4) is 0 Å². The summed E-state index contributed by atoms with van der Waals surface area (Å²) < 4.78 is 21.8. The van der Waals surface area contributed by atoms with Gasteiger partial charge in [-0.1, -0.05) is 26.8 Å².